The molecule has 2 aliphatic heterocycles. The number of hydrogen-bond donors (Lipinski definition) is 3. The maximum atomic E-state index is 13.8. The molecule has 3 N–H and O–H groups in total. The normalized spacial score (nSPS) is 25.8. The van der Waals surface area contributed by atoms with Gasteiger partial charge in [-0.05, 0) is 18.6 Å². The van der Waals surface area contributed by atoms with Gasteiger partial charge in [0.05, 0.1) is 19.0 Å². The van der Waals surface area contributed by atoms with Crippen LogP contribution in [0.15, 0.2) is 49.3 Å². The minimum absolute atomic E-state index is 0.0451. The van der Waals surface area contributed by atoms with Gasteiger partial charge in [0.2, 0.25) is 0 Å². The van der Waals surface area contributed by atoms with Crippen LogP contribution in [0.2, 0.25) is 0 Å². The number of halogens is 1. The second-order valence-corrected chi connectivity index (χ2v) is 8.24. The zero-order chi connectivity index (χ0) is 24.9. The van der Waals surface area contributed by atoms with Crippen molar-refractivity contribution in [2.45, 2.75) is 43.9 Å². The van der Waals surface area contributed by atoms with Crippen LogP contribution in [0, 0.1) is 5.82 Å². The number of hydrogen-bond acceptors (Lipinski definition) is 10. The highest BCUT2D eigenvalue weighted by Crippen LogP contribution is 2.33. The van der Waals surface area contributed by atoms with Crippen molar-refractivity contribution in [3.8, 4) is 5.75 Å². The van der Waals surface area contributed by atoms with Gasteiger partial charge in [0, 0.05) is 6.61 Å². The molecule has 5 atom stereocenters. The number of nitrogens with one attached hydrogen (secondary N) is 1. The number of para-hydroxylation sites is 1. The minimum atomic E-state index is -1.25. The molecule has 188 valence electrons. The van der Waals surface area contributed by atoms with Crippen molar-refractivity contribution < 1.29 is 33.9 Å². The van der Waals surface area contributed by atoms with Crippen molar-refractivity contribution in [2.75, 3.05) is 25.1 Å². The standard InChI is InChI=1S/C20H22FN5O5.C3H6O/c21-12-3-1-2-4-13(12)30-8-14-16(27)17(28)20(31-14)26-10-24-15-18(22-9-23-19(15)26)25-11-5-6-29-7-11;1-3(2)4/h1-4,9-11,14,16-17,20,27-28H,5-8H2,(H,22,23,25);4H,1H2,2H3/p-1/t11?,14-,16+,17+,20-;/m1./s1. The van der Waals surface area contributed by atoms with E-state index in [-0.39, 0.29) is 24.2 Å². The van der Waals surface area contributed by atoms with Crippen molar-refractivity contribution in [3.05, 3.63) is 55.1 Å². The molecule has 2 aromatic heterocycles. The Bertz CT molecular complexity index is 1150. The molecule has 12 heteroatoms. The van der Waals surface area contributed by atoms with Crippen molar-refractivity contribution >= 4 is 17.0 Å². The van der Waals surface area contributed by atoms with Gasteiger partial charge < -0.3 is 34.8 Å². The summed E-state index contributed by atoms with van der Waals surface area (Å²) < 4.78 is 32.0. The lowest BCUT2D eigenvalue weighted by molar-refractivity contribution is -0.300. The van der Waals surface area contributed by atoms with Crippen molar-refractivity contribution in [1.29, 1.82) is 0 Å². The molecule has 0 radical (unpaired) electrons. The number of benzene rings is 1. The van der Waals surface area contributed by atoms with E-state index in [1.165, 1.54) is 31.7 Å². The first-order valence-corrected chi connectivity index (χ1v) is 11.1. The zero-order valence-electron chi connectivity index (χ0n) is 19.1. The summed E-state index contributed by atoms with van der Waals surface area (Å²) in [5.74, 6) is 0.00692. The number of allylic oxidation sites excluding steroid dienone is 1. The fourth-order valence-corrected chi connectivity index (χ4v) is 3.82. The molecule has 4 heterocycles. The van der Waals surface area contributed by atoms with Crippen LogP contribution in [0.4, 0.5) is 10.2 Å². The summed E-state index contributed by atoms with van der Waals surface area (Å²) in [5.41, 5.74) is 0.967. The monoisotopic (exact) mass is 488 g/mol. The van der Waals surface area contributed by atoms with E-state index in [0.29, 0.717) is 30.2 Å². The lowest BCUT2D eigenvalue weighted by atomic mass is 10.1. The molecule has 5 rings (SSSR count). The van der Waals surface area contributed by atoms with E-state index in [4.69, 9.17) is 14.2 Å². The van der Waals surface area contributed by atoms with E-state index in [1.807, 2.05) is 0 Å². The third-order valence-electron chi connectivity index (χ3n) is 5.48. The number of aromatic nitrogens is 4. The van der Waals surface area contributed by atoms with E-state index in [0.717, 1.165) is 6.42 Å². The Morgan fingerprint density at radius 1 is 1.29 bits per heavy atom. The predicted molar refractivity (Wildman–Crippen MR) is 121 cm³/mol. The lowest BCUT2D eigenvalue weighted by Crippen LogP contribution is -2.34. The van der Waals surface area contributed by atoms with Crippen LogP contribution in [0.5, 0.6) is 5.75 Å². The Balaban J connectivity index is 0.000000672. The van der Waals surface area contributed by atoms with Gasteiger partial charge in [-0.15, -0.1) is 12.3 Å². The molecule has 2 fully saturated rings. The molecular weight excluding hydrogens is 461 g/mol. The molecule has 0 spiro atoms. The van der Waals surface area contributed by atoms with E-state index >= 15 is 0 Å². The maximum absolute atomic E-state index is 13.8. The number of anilines is 1. The van der Waals surface area contributed by atoms with Gasteiger partial charge in [-0.3, -0.25) is 4.57 Å². The van der Waals surface area contributed by atoms with Gasteiger partial charge in [-0.1, -0.05) is 19.1 Å². The Hall–Kier alpha value is -3.32. The summed E-state index contributed by atoms with van der Waals surface area (Å²) in [7, 11) is 0. The van der Waals surface area contributed by atoms with Crippen LogP contribution in [0.25, 0.3) is 11.2 Å². The number of rotatable bonds is 6. The summed E-state index contributed by atoms with van der Waals surface area (Å²) in [4.78, 5) is 12.9. The molecule has 0 aliphatic carbocycles. The maximum Gasteiger partial charge on any atom is 0.167 e. The Morgan fingerprint density at radius 3 is 2.77 bits per heavy atom. The number of imidazole rings is 1. The molecule has 11 nitrogen and oxygen atoms in total. The van der Waals surface area contributed by atoms with Crippen LogP contribution in [0.3, 0.4) is 0 Å². The van der Waals surface area contributed by atoms with Crippen molar-refractivity contribution in [1.82, 2.24) is 19.5 Å². The minimum Gasteiger partial charge on any atom is -0.876 e. The van der Waals surface area contributed by atoms with Gasteiger partial charge in [-0.25, -0.2) is 19.3 Å². The molecule has 2 saturated heterocycles. The van der Waals surface area contributed by atoms with Crippen LogP contribution in [-0.2, 0) is 9.47 Å². The molecular formula is C23H27FN5O6-. The molecule has 3 aromatic rings. The first-order chi connectivity index (χ1) is 16.8. The third-order valence-corrected chi connectivity index (χ3v) is 5.48. The lowest BCUT2D eigenvalue weighted by Gasteiger charge is -2.17. The van der Waals surface area contributed by atoms with Crippen LogP contribution < -0.4 is 15.2 Å². The third kappa shape index (κ3) is 5.68. The quantitative estimate of drug-likeness (QED) is 0.425. The van der Waals surface area contributed by atoms with Crippen molar-refractivity contribution in [3.63, 3.8) is 0 Å². The summed E-state index contributed by atoms with van der Waals surface area (Å²) in [6.07, 6.45) is -0.539. The Labute approximate surface area is 200 Å². The fourth-order valence-electron chi connectivity index (χ4n) is 3.82. The molecule has 2 aliphatic rings. The second kappa shape index (κ2) is 11.0. The fraction of sp³-hybridized carbons (Fsp3) is 0.435. The van der Waals surface area contributed by atoms with Crippen molar-refractivity contribution in [2.24, 2.45) is 0 Å². The summed E-state index contributed by atoms with van der Waals surface area (Å²) in [6, 6.07) is 6.09. The molecule has 0 amide bonds. The Morgan fingerprint density at radius 2 is 2.06 bits per heavy atom. The molecule has 1 aromatic carbocycles. The number of aliphatic hydroxyl groups is 2. The topological polar surface area (TPSA) is 147 Å². The van der Waals surface area contributed by atoms with Gasteiger partial charge >= 0.3 is 0 Å². The Kier molecular flexibility index (Phi) is 7.76. The van der Waals surface area contributed by atoms with Crippen LogP contribution in [-0.4, -0.2) is 73.9 Å². The number of nitrogens with zero attached hydrogens (tertiary/aromatic N) is 4. The van der Waals surface area contributed by atoms with Crippen LogP contribution in [0.1, 0.15) is 19.6 Å². The summed E-state index contributed by atoms with van der Waals surface area (Å²) >= 11 is 0. The second-order valence-electron chi connectivity index (χ2n) is 8.24. The average Bonchev–Trinajstić information content (AvgIpc) is 3.55. The van der Waals surface area contributed by atoms with Gasteiger partial charge in [0.15, 0.2) is 34.8 Å². The highest BCUT2D eigenvalue weighted by molar-refractivity contribution is 5.82. The average molecular weight is 488 g/mol. The van der Waals surface area contributed by atoms with Gasteiger partial charge in [0.1, 0.15) is 31.2 Å². The van der Waals surface area contributed by atoms with E-state index < -0.39 is 30.4 Å². The molecule has 1 unspecified atom stereocenters. The highest BCUT2D eigenvalue weighted by atomic mass is 19.1. The molecule has 0 saturated carbocycles. The van der Waals surface area contributed by atoms with E-state index in [2.05, 4.69) is 26.8 Å². The van der Waals surface area contributed by atoms with Gasteiger partial charge in [0.25, 0.3) is 0 Å². The van der Waals surface area contributed by atoms with Crippen LogP contribution >= 0.6 is 0 Å². The summed E-state index contributed by atoms with van der Waals surface area (Å²) in [6.45, 7) is 5.56. The molecule has 0 bridgehead atoms. The van der Waals surface area contributed by atoms with E-state index in [9.17, 15) is 19.7 Å². The van der Waals surface area contributed by atoms with Gasteiger partial charge in [-0.2, -0.15) is 0 Å². The number of aliphatic hydroxyl groups excluding tert-OH is 2. The smallest absolute Gasteiger partial charge is 0.167 e. The largest absolute Gasteiger partial charge is 0.876 e. The first-order valence-electron chi connectivity index (χ1n) is 11.1. The number of ether oxygens (including phenoxy) is 3. The van der Waals surface area contributed by atoms with E-state index in [1.54, 1.807) is 16.7 Å². The first kappa shape index (κ1) is 24.8. The summed E-state index contributed by atoms with van der Waals surface area (Å²) in [5, 5.41) is 33.7. The molecule has 35 heavy (non-hydrogen) atoms. The SMILES string of the molecule is C=C(C)[O-].O[C@@H]1[C@H](O)[C@H](n2cnc3c(NC4CCOC4)ncnc32)O[C@@H]1COc1ccccc1F. The predicted octanol–water partition coefficient (Wildman–Crippen LogP) is 0.745. The zero-order valence-corrected chi connectivity index (χ0v) is 19.1. The number of fused-ring (bicyclic) bond motifs is 1. The highest BCUT2D eigenvalue weighted by Gasteiger charge is 2.44.